The maximum absolute atomic E-state index is 13.4. The zero-order valence-corrected chi connectivity index (χ0v) is 10.1. The first-order chi connectivity index (χ1) is 9.11. The number of carbonyl (C=O) groups is 1. The van der Waals surface area contributed by atoms with Gasteiger partial charge in [0.25, 0.3) is 5.91 Å². The highest BCUT2D eigenvalue weighted by Crippen LogP contribution is 2.25. The monoisotopic (exact) mass is 263 g/mol. The number of hydrogen-bond donors (Lipinski definition) is 1. The van der Waals surface area contributed by atoms with E-state index < -0.39 is 17.5 Å². The van der Waals surface area contributed by atoms with Gasteiger partial charge in [-0.25, -0.2) is 8.78 Å². The van der Waals surface area contributed by atoms with Crippen LogP contribution in [0.25, 0.3) is 0 Å². The average Bonchev–Trinajstić information content (AvgIpc) is 2.41. The number of methoxy groups -OCH3 is 1. The van der Waals surface area contributed by atoms with Crippen molar-refractivity contribution in [2.45, 2.75) is 0 Å². The predicted octanol–water partition coefficient (Wildman–Crippen LogP) is 3.23. The molecule has 2 aromatic carbocycles. The minimum absolute atomic E-state index is 0.0890. The van der Waals surface area contributed by atoms with Gasteiger partial charge in [-0.2, -0.15) is 0 Å². The van der Waals surface area contributed by atoms with E-state index >= 15 is 0 Å². The first-order valence-electron chi connectivity index (χ1n) is 5.51. The summed E-state index contributed by atoms with van der Waals surface area (Å²) in [4.78, 5) is 11.9. The quantitative estimate of drug-likeness (QED) is 0.923. The van der Waals surface area contributed by atoms with Gasteiger partial charge in [0, 0.05) is 6.07 Å². The van der Waals surface area contributed by atoms with Crippen LogP contribution < -0.4 is 10.1 Å². The van der Waals surface area contributed by atoms with Crippen LogP contribution in [0.5, 0.6) is 5.75 Å². The third kappa shape index (κ3) is 2.88. The van der Waals surface area contributed by atoms with E-state index in [0.717, 1.165) is 6.07 Å². The molecule has 98 valence electrons. The van der Waals surface area contributed by atoms with E-state index in [1.807, 2.05) is 0 Å². The fourth-order valence-electron chi connectivity index (χ4n) is 1.60. The van der Waals surface area contributed by atoms with E-state index in [0.29, 0.717) is 0 Å². The smallest absolute Gasteiger partial charge is 0.258 e. The molecule has 0 spiro atoms. The second-order valence-corrected chi connectivity index (χ2v) is 3.78. The highest BCUT2D eigenvalue weighted by Gasteiger charge is 2.13. The minimum atomic E-state index is -0.624. The second-order valence-electron chi connectivity index (χ2n) is 3.78. The Hall–Kier alpha value is -2.43. The number of hydrogen-bond acceptors (Lipinski definition) is 2. The van der Waals surface area contributed by atoms with Crippen LogP contribution in [0.1, 0.15) is 10.4 Å². The molecule has 0 unspecified atom stereocenters. The van der Waals surface area contributed by atoms with Gasteiger partial charge >= 0.3 is 0 Å². The number of carbonyl (C=O) groups excluding carboxylic acids is 1. The Balaban J connectivity index is 2.27. The van der Waals surface area contributed by atoms with Crippen LogP contribution >= 0.6 is 0 Å². The van der Waals surface area contributed by atoms with Gasteiger partial charge in [-0.1, -0.05) is 12.1 Å². The molecule has 0 radical (unpaired) electrons. The number of halogens is 2. The van der Waals surface area contributed by atoms with Crippen LogP contribution in [-0.2, 0) is 0 Å². The normalized spacial score (nSPS) is 10.1. The molecule has 0 bridgehead atoms. The summed E-state index contributed by atoms with van der Waals surface area (Å²) in [6, 6.07) is 9.27. The van der Waals surface area contributed by atoms with Gasteiger partial charge in [-0.05, 0) is 24.3 Å². The number of ether oxygens (including phenoxy) is 1. The van der Waals surface area contributed by atoms with Crippen molar-refractivity contribution in [1.29, 1.82) is 0 Å². The number of nitrogens with one attached hydrogen (secondary N) is 1. The van der Waals surface area contributed by atoms with Crippen molar-refractivity contribution < 1.29 is 18.3 Å². The first-order valence-corrected chi connectivity index (χ1v) is 5.51. The Labute approximate surface area is 108 Å². The molecule has 2 aromatic rings. The third-order valence-electron chi connectivity index (χ3n) is 2.53. The number of anilines is 1. The molecular weight excluding hydrogens is 252 g/mol. The molecule has 0 aliphatic carbocycles. The minimum Gasteiger partial charge on any atom is -0.494 e. The van der Waals surface area contributed by atoms with Crippen molar-refractivity contribution in [3.05, 3.63) is 59.7 Å². The van der Waals surface area contributed by atoms with Gasteiger partial charge in [-0.3, -0.25) is 4.79 Å². The summed E-state index contributed by atoms with van der Waals surface area (Å²) >= 11 is 0. The second kappa shape index (κ2) is 5.48. The largest absolute Gasteiger partial charge is 0.494 e. The lowest BCUT2D eigenvalue weighted by Gasteiger charge is -2.10. The third-order valence-corrected chi connectivity index (χ3v) is 2.53. The van der Waals surface area contributed by atoms with Gasteiger partial charge in [0.05, 0.1) is 18.4 Å². The lowest BCUT2D eigenvalue weighted by Crippen LogP contribution is -2.14. The maximum Gasteiger partial charge on any atom is 0.258 e. The molecule has 3 nitrogen and oxygen atoms in total. The van der Waals surface area contributed by atoms with Crippen molar-refractivity contribution >= 4 is 11.6 Å². The molecule has 1 N–H and O–H groups in total. The molecule has 0 heterocycles. The van der Waals surface area contributed by atoms with Gasteiger partial charge in [0.15, 0.2) is 0 Å². The SMILES string of the molecule is COc1cc(F)ccc1NC(=O)c1ccccc1F. The van der Waals surface area contributed by atoms with Gasteiger partial charge in [0.2, 0.25) is 0 Å². The van der Waals surface area contributed by atoms with E-state index in [-0.39, 0.29) is 17.0 Å². The van der Waals surface area contributed by atoms with Gasteiger partial charge < -0.3 is 10.1 Å². The van der Waals surface area contributed by atoms with E-state index in [4.69, 9.17) is 4.74 Å². The number of amides is 1. The van der Waals surface area contributed by atoms with Crippen LogP contribution in [0.3, 0.4) is 0 Å². The fraction of sp³-hybridized carbons (Fsp3) is 0.0714. The average molecular weight is 263 g/mol. The fourth-order valence-corrected chi connectivity index (χ4v) is 1.60. The Morgan fingerprint density at radius 1 is 1.16 bits per heavy atom. The van der Waals surface area contributed by atoms with Crippen LogP contribution in [0.4, 0.5) is 14.5 Å². The van der Waals surface area contributed by atoms with Crippen molar-refractivity contribution in [3.63, 3.8) is 0 Å². The zero-order chi connectivity index (χ0) is 13.8. The van der Waals surface area contributed by atoms with E-state index in [1.54, 1.807) is 6.07 Å². The topological polar surface area (TPSA) is 38.3 Å². The summed E-state index contributed by atoms with van der Waals surface area (Å²) in [7, 11) is 1.35. The number of rotatable bonds is 3. The van der Waals surface area contributed by atoms with E-state index in [2.05, 4.69) is 5.32 Å². The van der Waals surface area contributed by atoms with Crippen LogP contribution in [0.15, 0.2) is 42.5 Å². The predicted molar refractivity (Wildman–Crippen MR) is 67.3 cm³/mol. The number of benzene rings is 2. The molecule has 0 aromatic heterocycles. The Bertz CT molecular complexity index is 614. The van der Waals surface area contributed by atoms with Crippen LogP contribution in [-0.4, -0.2) is 13.0 Å². The zero-order valence-electron chi connectivity index (χ0n) is 10.1. The first kappa shape index (κ1) is 13.0. The summed E-state index contributed by atoms with van der Waals surface area (Å²) in [6.07, 6.45) is 0. The maximum atomic E-state index is 13.4. The van der Waals surface area contributed by atoms with E-state index in [1.165, 1.54) is 37.4 Å². The molecule has 0 saturated heterocycles. The molecule has 0 fully saturated rings. The lowest BCUT2D eigenvalue weighted by molar-refractivity contribution is 0.102. The molecular formula is C14H11F2NO2. The standard InChI is InChI=1S/C14H11F2NO2/c1-19-13-8-9(15)6-7-12(13)17-14(18)10-4-2-3-5-11(10)16/h2-8H,1H3,(H,17,18). The van der Waals surface area contributed by atoms with Gasteiger partial charge in [0.1, 0.15) is 17.4 Å². The highest BCUT2D eigenvalue weighted by molar-refractivity contribution is 6.05. The summed E-state index contributed by atoms with van der Waals surface area (Å²) in [5, 5.41) is 2.48. The molecule has 2 rings (SSSR count). The Morgan fingerprint density at radius 3 is 2.58 bits per heavy atom. The van der Waals surface area contributed by atoms with Crippen molar-refractivity contribution in [2.24, 2.45) is 0 Å². The Morgan fingerprint density at radius 2 is 1.89 bits per heavy atom. The van der Waals surface area contributed by atoms with E-state index in [9.17, 15) is 13.6 Å². The van der Waals surface area contributed by atoms with Crippen LogP contribution in [0, 0.1) is 11.6 Å². The summed E-state index contributed by atoms with van der Waals surface area (Å²) in [6.45, 7) is 0. The van der Waals surface area contributed by atoms with Crippen LogP contribution in [0.2, 0.25) is 0 Å². The van der Waals surface area contributed by atoms with Crippen molar-refractivity contribution in [3.8, 4) is 5.75 Å². The Kier molecular flexibility index (Phi) is 3.75. The summed E-state index contributed by atoms with van der Waals surface area (Å²) in [5.41, 5.74) is 0.186. The molecule has 19 heavy (non-hydrogen) atoms. The molecule has 0 atom stereocenters. The highest BCUT2D eigenvalue weighted by atomic mass is 19.1. The summed E-state index contributed by atoms with van der Waals surface area (Å²) in [5.74, 6) is -1.56. The van der Waals surface area contributed by atoms with Crippen molar-refractivity contribution in [1.82, 2.24) is 0 Å². The molecule has 5 heteroatoms. The molecule has 0 aliphatic rings. The molecule has 1 amide bonds. The van der Waals surface area contributed by atoms with Crippen molar-refractivity contribution in [2.75, 3.05) is 12.4 Å². The van der Waals surface area contributed by atoms with Gasteiger partial charge in [-0.15, -0.1) is 0 Å². The summed E-state index contributed by atoms with van der Waals surface area (Å²) < 4.78 is 31.4. The lowest BCUT2D eigenvalue weighted by atomic mass is 10.2. The molecule has 0 saturated carbocycles. The molecule has 0 aliphatic heterocycles.